The van der Waals surface area contributed by atoms with Crippen LogP contribution in [0.15, 0.2) is 46.5 Å². The molecule has 0 fully saturated rings. The van der Waals surface area contributed by atoms with Crippen molar-refractivity contribution in [2.75, 3.05) is 12.5 Å². The summed E-state index contributed by atoms with van der Waals surface area (Å²) in [6, 6.07) is 12.5. The topological polar surface area (TPSA) is 51.6 Å². The molecule has 0 spiro atoms. The molecule has 0 aliphatic rings. The summed E-state index contributed by atoms with van der Waals surface area (Å²) in [5.74, 6) is 0. The highest BCUT2D eigenvalue weighted by molar-refractivity contribution is 7.98. The van der Waals surface area contributed by atoms with Crippen LogP contribution in [0.3, 0.4) is 0 Å². The van der Waals surface area contributed by atoms with Gasteiger partial charge in [-0.15, -0.1) is 23.5 Å². The Morgan fingerprint density at radius 2 is 1.16 bits per heavy atom. The summed E-state index contributed by atoms with van der Waals surface area (Å²) in [7, 11) is 0. The number of fused-ring (bicyclic) bond motifs is 2. The van der Waals surface area contributed by atoms with Crippen molar-refractivity contribution in [2.24, 2.45) is 0 Å². The molecule has 4 nitrogen and oxygen atoms in total. The Hall–Kier alpha value is -2.18. The fourth-order valence-electron chi connectivity index (χ4n) is 3.15. The second-order valence-corrected chi connectivity index (χ2v) is 7.85. The Morgan fingerprint density at radius 1 is 0.677 bits per heavy atom. The van der Waals surface area contributed by atoms with Crippen LogP contribution in [0, 0.1) is 6.92 Å². The number of aryl methyl sites for hydroxylation is 2. The van der Waals surface area contributed by atoms with Crippen LogP contribution in [0.5, 0.6) is 0 Å². The molecule has 4 aromatic rings. The molecule has 0 aliphatic heterocycles. The van der Waals surface area contributed by atoms with E-state index in [4.69, 9.17) is 15.0 Å². The number of thioether (sulfide) groups is 2. The second-order valence-electron chi connectivity index (χ2n) is 6.26. The third-order valence-corrected chi connectivity index (χ3v) is 6.04. The van der Waals surface area contributed by atoms with E-state index >= 15 is 0 Å². The van der Waals surface area contributed by atoms with E-state index in [0.29, 0.717) is 0 Å². The molecule has 0 saturated heterocycles. The maximum atomic E-state index is 4.84. The van der Waals surface area contributed by atoms with Crippen LogP contribution in [-0.4, -0.2) is 32.4 Å². The third-order valence-electron chi connectivity index (χ3n) is 4.55. The zero-order chi connectivity index (χ0) is 23.0. The Bertz CT molecular complexity index is 1170. The SMILES string of the molecule is CC.CC.CCc1nc2cc(-c3ccc4nc(C)c(SC)nc4c3)ccc2nc1SC.[HH]. The average Bonchev–Trinajstić information content (AvgIpc) is 2.84. The van der Waals surface area contributed by atoms with E-state index in [1.54, 1.807) is 23.5 Å². The van der Waals surface area contributed by atoms with Crippen LogP contribution in [0.2, 0.25) is 0 Å². The van der Waals surface area contributed by atoms with E-state index in [-0.39, 0.29) is 1.43 Å². The highest BCUT2D eigenvalue weighted by atomic mass is 32.2. The fourth-order valence-corrected chi connectivity index (χ4v) is 4.29. The highest BCUT2D eigenvalue weighted by Gasteiger charge is 2.10. The van der Waals surface area contributed by atoms with Gasteiger partial charge >= 0.3 is 0 Å². The maximum absolute atomic E-state index is 4.84. The van der Waals surface area contributed by atoms with Crippen molar-refractivity contribution >= 4 is 45.6 Å². The van der Waals surface area contributed by atoms with Gasteiger partial charge in [-0.05, 0) is 61.2 Å². The molecule has 0 amide bonds. The van der Waals surface area contributed by atoms with Gasteiger partial charge in [0, 0.05) is 1.43 Å². The first-order valence-corrected chi connectivity index (χ1v) is 13.2. The van der Waals surface area contributed by atoms with Crippen molar-refractivity contribution < 1.29 is 1.43 Å². The van der Waals surface area contributed by atoms with Crippen LogP contribution in [0.25, 0.3) is 33.2 Å². The monoisotopic (exact) mass is 454 g/mol. The van der Waals surface area contributed by atoms with E-state index in [0.717, 1.165) is 61.1 Å². The first-order chi connectivity index (χ1) is 15.1. The van der Waals surface area contributed by atoms with Gasteiger partial charge in [0.1, 0.15) is 10.1 Å². The minimum atomic E-state index is 0. The predicted molar refractivity (Wildman–Crippen MR) is 141 cm³/mol. The molecule has 4 rings (SSSR count). The van der Waals surface area contributed by atoms with E-state index in [2.05, 4.69) is 42.2 Å². The first kappa shape index (κ1) is 25.1. The Morgan fingerprint density at radius 3 is 1.68 bits per heavy atom. The molecule has 0 bridgehead atoms. The number of benzene rings is 2. The number of rotatable bonds is 4. The van der Waals surface area contributed by atoms with Gasteiger partial charge in [0.2, 0.25) is 0 Å². The summed E-state index contributed by atoms with van der Waals surface area (Å²) >= 11 is 3.28. The summed E-state index contributed by atoms with van der Waals surface area (Å²) in [6.45, 7) is 12.1. The lowest BCUT2D eigenvalue weighted by Gasteiger charge is -2.09. The molecular weight excluding hydrogens is 420 g/mol. The van der Waals surface area contributed by atoms with Crippen molar-refractivity contribution in [2.45, 2.75) is 58.0 Å². The molecule has 2 aromatic heterocycles. The van der Waals surface area contributed by atoms with E-state index < -0.39 is 0 Å². The zero-order valence-electron chi connectivity index (χ0n) is 19.8. The lowest BCUT2D eigenvalue weighted by Crippen LogP contribution is -1.96. The van der Waals surface area contributed by atoms with E-state index in [1.165, 1.54) is 0 Å². The summed E-state index contributed by atoms with van der Waals surface area (Å²) in [5.41, 5.74) is 7.96. The average molecular weight is 455 g/mol. The zero-order valence-corrected chi connectivity index (χ0v) is 21.4. The summed E-state index contributed by atoms with van der Waals surface area (Å²) in [6.07, 6.45) is 4.96. The van der Waals surface area contributed by atoms with Gasteiger partial charge in [-0.2, -0.15) is 0 Å². The van der Waals surface area contributed by atoms with Gasteiger partial charge in [0.25, 0.3) is 0 Å². The number of hydrogen-bond acceptors (Lipinski definition) is 6. The number of nitrogens with zero attached hydrogens (tertiary/aromatic N) is 4. The summed E-state index contributed by atoms with van der Waals surface area (Å²) in [4.78, 5) is 19.0. The molecule has 0 unspecified atom stereocenters. The highest BCUT2D eigenvalue weighted by Crippen LogP contribution is 2.28. The second kappa shape index (κ2) is 12.0. The van der Waals surface area contributed by atoms with Crippen LogP contribution >= 0.6 is 23.5 Å². The minimum Gasteiger partial charge on any atom is -0.249 e. The molecule has 0 radical (unpaired) electrons. The Balaban J connectivity index is 0.000000971. The molecule has 2 aromatic carbocycles. The Kier molecular flexibility index (Phi) is 9.72. The van der Waals surface area contributed by atoms with E-state index in [9.17, 15) is 0 Å². The van der Waals surface area contributed by atoms with Gasteiger partial charge in [-0.1, -0.05) is 46.8 Å². The van der Waals surface area contributed by atoms with Crippen LogP contribution < -0.4 is 0 Å². The largest absolute Gasteiger partial charge is 0.249 e. The molecule has 0 atom stereocenters. The standard InChI is InChI=1S/C21H20N4S2.2C2H6.H2/c1-5-15-21(27-4)24-17-9-7-13(10-18(17)23-15)14-6-8-16-19(11-14)25-20(26-3)12(2)22-16;2*1-2;/h6-11H,5H2,1-4H3;2*1-2H3;1H. The molecule has 166 valence electrons. The quantitative estimate of drug-likeness (QED) is 0.293. The molecule has 2 heterocycles. The van der Waals surface area contributed by atoms with Gasteiger partial charge in [0.15, 0.2) is 0 Å². The van der Waals surface area contributed by atoms with Crippen LogP contribution in [0.4, 0.5) is 0 Å². The molecule has 6 heteroatoms. The van der Waals surface area contributed by atoms with Crippen LogP contribution in [-0.2, 0) is 6.42 Å². The molecule has 0 saturated carbocycles. The number of hydrogen-bond donors (Lipinski definition) is 0. The van der Waals surface area contributed by atoms with Gasteiger partial charge in [-0.25, -0.2) is 19.9 Å². The van der Waals surface area contributed by atoms with Crippen molar-refractivity contribution in [3.05, 3.63) is 47.8 Å². The van der Waals surface area contributed by atoms with Gasteiger partial charge < -0.3 is 0 Å². The van der Waals surface area contributed by atoms with Gasteiger partial charge in [-0.3, -0.25) is 0 Å². The third kappa shape index (κ3) is 5.55. The van der Waals surface area contributed by atoms with Crippen LogP contribution in [0.1, 0.15) is 47.4 Å². The van der Waals surface area contributed by atoms with Crippen molar-refractivity contribution in [3.63, 3.8) is 0 Å². The maximum Gasteiger partial charge on any atom is 0.118 e. The Labute approximate surface area is 196 Å². The fraction of sp³-hybridized carbons (Fsp3) is 0.360. The van der Waals surface area contributed by atoms with Crippen molar-refractivity contribution in [1.29, 1.82) is 0 Å². The molecule has 0 N–H and O–H groups in total. The molecule has 0 aliphatic carbocycles. The van der Waals surface area contributed by atoms with Crippen molar-refractivity contribution in [1.82, 2.24) is 19.9 Å². The predicted octanol–water partition coefficient (Wildman–Crippen LogP) is 7.85. The lowest BCUT2D eigenvalue weighted by atomic mass is 10.0. The normalized spacial score (nSPS) is 10.3. The van der Waals surface area contributed by atoms with Gasteiger partial charge in [0.05, 0.1) is 33.5 Å². The van der Waals surface area contributed by atoms with Crippen molar-refractivity contribution in [3.8, 4) is 11.1 Å². The summed E-state index contributed by atoms with van der Waals surface area (Å²) in [5, 5.41) is 1.99. The molecular formula is C25H34N4S2. The first-order valence-electron chi connectivity index (χ1n) is 10.8. The smallest absolute Gasteiger partial charge is 0.118 e. The van der Waals surface area contributed by atoms with E-state index in [1.807, 2.05) is 53.2 Å². The summed E-state index contributed by atoms with van der Waals surface area (Å²) < 4.78 is 0. The minimum absolute atomic E-state index is 0. The molecule has 31 heavy (non-hydrogen) atoms. The number of aromatic nitrogens is 4. The lowest BCUT2D eigenvalue weighted by molar-refractivity contribution is 0.945.